The second-order valence-electron chi connectivity index (χ2n) is 4.56. The summed E-state index contributed by atoms with van der Waals surface area (Å²) in [4.78, 5) is 0. The zero-order valence-electron chi connectivity index (χ0n) is 10.2. The largest absolute Gasteiger partial charge is 0.381 e. The van der Waals surface area contributed by atoms with Crippen molar-refractivity contribution in [2.24, 2.45) is 0 Å². The highest BCUT2D eigenvalue weighted by Crippen LogP contribution is 2.34. The molecule has 0 amide bonds. The third-order valence-corrected chi connectivity index (χ3v) is 3.40. The molecule has 0 spiro atoms. The maximum Gasteiger partial charge on any atom is 0.123 e. The van der Waals surface area contributed by atoms with Crippen LogP contribution in [0.1, 0.15) is 23.6 Å². The third-order valence-electron chi connectivity index (χ3n) is 3.07. The van der Waals surface area contributed by atoms with E-state index in [0.717, 1.165) is 5.56 Å². The van der Waals surface area contributed by atoms with Crippen LogP contribution in [-0.4, -0.2) is 5.11 Å². The quantitative estimate of drug-likeness (QED) is 0.868. The van der Waals surface area contributed by atoms with Crippen molar-refractivity contribution in [3.8, 4) is 0 Å². The summed E-state index contributed by atoms with van der Waals surface area (Å²) in [6, 6.07) is 11.4. The predicted molar refractivity (Wildman–Crippen MR) is 71.3 cm³/mol. The Morgan fingerprint density at radius 3 is 2.33 bits per heavy atom. The van der Waals surface area contributed by atoms with Gasteiger partial charge in [-0.25, -0.2) is 4.39 Å². The molecule has 0 aliphatic rings. The molecule has 1 unspecified atom stereocenters. The van der Waals surface area contributed by atoms with Crippen molar-refractivity contribution in [3.63, 3.8) is 0 Å². The Bertz CT molecular complexity index is 561. The Balaban J connectivity index is 2.53. The van der Waals surface area contributed by atoms with E-state index < -0.39 is 11.4 Å². The van der Waals surface area contributed by atoms with E-state index in [0.29, 0.717) is 16.1 Å². The van der Waals surface area contributed by atoms with Gasteiger partial charge in [-0.05, 0) is 37.6 Å². The Morgan fingerprint density at radius 2 is 1.72 bits per heavy atom. The molecule has 0 bridgehead atoms. The maximum atomic E-state index is 13.3. The van der Waals surface area contributed by atoms with Crippen molar-refractivity contribution < 1.29 is 9.50 Å². The molecule has 1 N–H and O–H groups in total. The summed E-state index contributed by atoms with van der Waals surface area (Å²) in [6.45, 7) is 3.58. The van der Waals surface area contributed by atoms with Gasteiger partial charge in [-0.2, -0.15) is 0 Å². The van der Waals surface area contributed by atoms with Gasteiger partial charge in [0.1, 0.15) is 11.4 Å². The van der Waals surface area contributed by atoms with Crippen LogP contribution in [0, 0.1) is 12.7 Å². The lowest BCUT2D eigenvalue weighted by atomic mass is 9.88. The summed E-state index contributed by atoms with van der Waals surface area (Å²) in [5.41, 5.74) is 0.834. The lowest BCUT2D eigenvalue weighted by molar-refractivity contribution is 0.102. The summed E-state index contributed by atoms with van der Waals surface area (Å²) in [6.07, 6.45) is 0. The topological polar surface area (TPSA) is 20.2 Å². The van der Waals surface area contributed by atoms with Gasteiger partial charge in [0.25, 0.3) is 0 Å². The number of hydrogen-bond acceptors (Lipinski definition) is 1. The van der Waals surface area contributed by atoms with Gasteiger partial charge >= 0.3 is 0 Å². The zero-order valence-corrected chi connectivity index (χ0v) is 11.0. The number of benzene rings is 2. The van der Waals surface area contributed by atoms with Gasteiger partial charge in [0, 0.05) is 10.6 Å². The highest BCUT2D eigenvalue weighted by Gasteiger charge is 2.28. The van der Waals surface area contributed by atoms with Crippen LogP contribution in [0.3, 0.4) is 0 Å². The van der Waals surface area contributed by atoms with Gasteiger partial charge < -0.3 is 5.11 Å². The number of aliphatic hydroxyl groups is 1. The van der Waals surface area contributed by atoms with Crippen LogP contribution in [0.4, 0.5) is 4.39 Å². The number of halogens is 2. The Hall–Kier alpha value is -1.38. The van der Waals surface area contributed by atoms with Gasteiger partial charge in [0.15, 0.2) is 0 Å². The normalized spacial score (nSPS) is 14.3. The van der Waals surface area contributed by atoms with E-state index in [1.807, 2.05) is 31.2 Å². The van der Waals surface area contributed by atoms with Crippen molar-refractivity contribution in [1.29, 1.82) is 0 Å². The van der Waals surface area contributed by atoms with Gasteiger partial charge in [0.05, 0.1) is 0 Å². The third kappa shape index (κ3) is 2.40. The lowest BCUT2D eigenvalue weighted by Gasteiger charge is -2.25. The summed E-state index contributed by atoms with van der Waals surface area (Å²) in [5, 5.41) is 11.0. The highest BCUT2D eigenvalue weighted by molar-refractivity contribution is 6.31. The van der Waals surface area contributed by atoms with Crippen LogP contribution in [0.25, 0.3) is 0 Å². The summed E-state index contributed by atoms with van der Waals surface area (Å²) in [5.74, 6) is -0.415. The molecule has 2 rings (SSSR count). The molecule has 1 nitrogen and oxygen atoms in total. The minimum Gasteiger partial charge on any atom is -0.381 e. The van der Waals surface area contributed by atoms with E-state index >= 15 is 0 Å². The molecule has 2 aromatic carbocycles. The van der Waals surface area contributed by atoms with Crippen LogP contribution < -0.4 is 0 Å². The molecule has 0 aliphatic carbocycles. The fourth-order valence-corrected chi connectivity index (χ4v) is 2.21. The monoisotopic (exact) mass is 264 g/mol. The van der Waals surface area contributed by atoms with Crippen LogP contribution in [0.5, 0.6) is 0 Å². The van der Waals surface area contributed by atoms with Crippen LogP contribution >= 0.6 is 11.6 Å². The SMILES string of the molecule is Cc1ccc(C(C)(O)c2cc(F)ccc2Cl)cc1. The standard InChI is InChI=1S/C15H14ClFO/c1-10-3-5-11(6-4-10)15(2,18)13-9-12(17)7-8-14(13)16/h3-9,18H,1-2H3. The number of aryl methyl sites for hydroxylation is 1. The first-order chi connectivity index (χ1) is 8.41. The lowest BCUT2D eigenvalue weighted by Crippen LogP contribution is -2.23. The summed E-state index contributed by atoms with van der Waals surface area (Å²) >= 11 is 6.04. The van der Waals surface area contributed by atoms with Crippen LogP contribution in [0.15, 0.2) is 42.5 Å². The number of rotatable bonds is 2. The van der Waals surface area contributed by atoms with Crippen molar-refractivity contribution in [2.75, 3.05) is 0 Å². The van der Waals surface area contributed by atoms with Crippen molar-refractivity contribution in [2.45, 2.75) is 19.4 Å². The minimum absolute atomic E-state index is 0.349. The fraction of sp³-hybridized carbons (Fsp3) is 0.200. The molecule has 0 saturated heterocycles. The summed E-state index contributed by atoms with van der Waals surface area (Å²) < 4.78 is 13.3. The second-order valence-corrected chi connectivity index (χ2v) is 4.97. The maximum absolute atomic E-state index is 13.3. The fourth-order valence-electron chi connectivity index (χ4n) is 1.90. The summed E-state index contributed by atoms with van der Waals surface area (Å²) in [7, 11) is 0. The molecule has 3 heteroatoms. The average Bonchev–Trinajstić information content (AvgIpc) is 2.32. The van der Waals surface area contributed by atoms with Gasteiger partial charge in [0.2, 0.25) is 0 Å². The van der Waals surface area contributed by atoms with E-state index in [2.05, 4.69) is 0 Å². The van der Waals surface area contributed by atoms with Gasteiger partial charge in [-0.3, -0.25) is 0 Å². The Kier molecular flexibility index (Phi) is 3.42. The molecular weight excluding hydrogens is 251 g/mol. The van der Waals surface area contributed by atoms with Crippen molar-refractivity contribution >= 4 is 11.6 Å². The average molecular weight is 265 g/mol. The molecule has 0 radical (unpaired) electrons. The first-order valence-electron chi connectivity index (χ1n) is 5.66. The second kappa shape index (κ2) is 4.71. The molecule has 94 valence electrons. The van der Waals surface area contributed by atoms with Crippen molar-refractivity contribution in [3.05, 3.63) is 70.0 Å². The van der Waals surface area contributed by atoms with E-state index in [9.17, 15) is 9.50 Å². The molecule has 0 aliphatic heterocycles. The highest BCUT2D eigenvalue weighted by atomic mass is 35.5. The smallest absolute Gasteiger partial charge is 0.123 e. The molecule has 0 fully saturated rings. The van der Waals surface area contributed by atoms with Gasteiger partial charge in [-0.15, -0.1) is 0 Å². The molecule has 2 aromatic rings. The van der Waals surface area contributed by atoms with Crippen LogP contribution in [0.2, 0.25) is 5.02 Å². The Labute approximate surface area is 111 Å². The van der Waals surface area contributed by atoms with Crippen molar-refractivity contribution in [1.82, 2.24) is 0 Å². The molecular formula is C15H14ClFO. The van der Waals surface area contributed by atoms with E-state index in [1.54, 1.807) is 6.92 Å². The van der Waals surface area contributed by atoms with Crippen LogP contribution in [-0.2, 0) is 5.60 Å². The molecule has 0 heterocycles. The first kappa shape index (κ1) is 13.1. The molecule has 0 saturated carbocycles. The van der Waals surface area contributed by atoms with Gasteiger partial charge in [-0.1, -0.05) is 41.4 Å². The Morgan fingerprint density at radius 1 is 1.11 bits per heavy atom. The molecule has 18 heavy (non-hydrogen) atoms. The number of hydrogen-bond donors (Lipinski definition) is 1. The van der Waals surface area contributed by atoms with E-state index in [1.165, 1.54) is 18.2 Å². The molecule has 1 atom stereocenters. The van der Waals surface area contributed by atoms with E-state index in [4.69, 9.17) is 11.6 Å². The predicted octanol–water partition coefficient (Wildman–Crippen LogP) is 4.04. The first-order valence-corrected chi connectivity index (χ1v) is 6.04. The van der Waals surface area contributed by atoms with E-state index in [-0.39, 0.29) is 0 Å². The zero-order chi connectivity index (χ0) is 13.3. The minimum atomic E-state index is -1.31. The molecule has 0 aromatic heterocycles.